The number of ether oxygens (including phenoxy) is 1. The van der Waals surface area contributed by atoms with Gasteiger partial charge in [0.2, 0.25) is 11.9 Å². The number of benzene rings is 2. The van der Waals surface area contributed by atoms with Crippen LogP contribution in [-0.2, 0) is 13.0 Å². The summed E-state index contributed by atoms with van der Waals surface area (Å²) in [7, 11) is 0. The number of primary amides is 1. The third-order valence-corrected chi connectivity index (χ3v) is 4.14. The first-order valence-electron chi connectivity index (χ1n) is 8.53. The van der Waals surface area contributed by atoms with E-state index in [1.807, 2.05) is 24.3 Å². The first-order chi connectivity index (χ1) is 13.5. The minimum Gasteiger partial charge on any atom is -0.485 e. The molecule has 0 fully saturated rings. The Labute approximate surface area is 166 Å². The van der Waals surface area contributed by atoms with Crippen molar-refractivity contribution in [1.82, 2.24) is 15.0 Å². The van der Waals surface area contributed by atoms with E-state index in [1.165, 1.54) is 12.1 Å². The van der Waals surface area contributed by atoms with Gasteiger partial charge in [0.15, 0.2) is 5.82 Å². The summed E-state index contributed by atoms with van der Waals surface area (Å²) in [6.07, 6.45) is 0.852. The van der Waals surface area contributed by atoms with E-state index in [0.29, 0.717) is 16.8 Å². The predicted molar refractivity (Wildman–Crippen MR) is 108 cm³/mol. The van der Waals surface area contributed by atoms with Crippen LogP contribution < -0.4 is 21.5 Å². The van der Waals surface area contributed by atoms with Crippen LogP contribution in [0.4, 0.5) is 17.6 Å². The maximum atomic E-state index is 11.5. The first-order valence-corrected chi connectivity index (χ1v) is 8.91. The highest BCUT2D eigenvalue weighted by Gasteiger charge is 2.12. The number of nitrogen functional groups attached to an aromatic ring is 1. The van der Waals surface area contributed by atoms with Gasteiger partial charge in [-0.05, 0) is 36.2 Å². The fourth-order valence-electron chi connectivity index (χ4n) is 2.59. The number of halogens is 1. The number of hydrogen-bond donors (Lipinski definition) is 3. The Morgan fingerprint density at radius 3 is 2.71 bits per heavy atom. The second-order valence-electron chi connectivity index (χ2n) is 5.86. The molecule has 0 saturated heterocycles. The Kier molecular flexibility index (Phi) is 5.90. The van der Waals surface area contributed by atoms with E-state index in [2.05, 4.69) is 27.2 Å². The summed E-state index contributed by atoms with van der Waals surface area (Å²) in [5.41, 5.74) is 13.4. The molecule has 3 rings (SSSR count). The third kappa shape index (κ3) is 4.66. The average molecular weight is 399 g/mol. The lowest BCUT2D eigenvalue weighted by atomic mass is 10.1. The summed E-state index contributed by atoms with van der Waals surface area (Å²) in [4.78, 5) is 24.1. The SMILES string of the molecule is CCc1ccccc1Nc1nc(N)nc(COc2cc(Cl)ccc2C(N)=O)n1. The highest BCUT2D eigenvalue weighted by molar-refractivity contribution is 6.30. The van der Waals surface area contributed by atoms with Crippen LogP contribution in [0.5, 0.6) is 5.75 Å². The van der Waals surface area contributed by atoms with Crippen molar-refractivity contribution in [1.29, 1.82) is 0 Å². The van der Waals surface area contributed by atoms with Crippen LogP contribution in [0.2, 0.25) is 5.02 Å². The molecule has 2 aromatic carbocycles. The second kappa shape index (κ2) is 8.53. The van der Waals surface area contributed by atoms with Crippen molar-refractivity contribution in [2.75, 3.05) is 11.1 Å². The van der Waals surface area contributed by atoms with E-state index >= 15 is 0 Å². The Morgan fingerprint density at radius 2 is 1.96 bits per heavy atom. The van der Waals surface area contributed by atoms with Gasteiger partial charge in [-0.25, -0.2) is 0 Å². The number of carbonyl (C=O) groups excluding carboxylic acids is 1. The largest absolute Gasteiger partial charge is 0.485 e. The molecule has 144 valence electrons. The number of nitrogens with two attached hydrogens (primary N) is 2. The molecule has 0 radical (unpaired) electrons. The van der Waals surface area contributed by atoms with Gasteiger partial charge in [-0.1, -0.05) is 36.7 Å². The maximum Gasteiger partial charge on any atom is 0.252 e. The minimum absolute atomic E-state index is 0.0442. The Hall–Kier alpha value is -3.39. The number of aryl methyl sites for hydroxylation is 1. The molecule has 1 heterocycles. The minimum atomic E-state index is -0.625. The number of nitrogens with zero attached hydrogens (tertiary/aromatic N) is 3. The maximum absolute atomic E-state index is 11.5. The van der Waals surface area contributed by atoms with E-state index in [-0.39, 0.29) is 23.9 Å². The van der Waals surface area contributed by atoms with Crippen molar-refractivity contribution < 1.29 is 9.53 Å². The topological polar surface area (TPSA) is 129 Å². The number of nitrogens with one attached hydrogen (secondary N) is 1. The van der Waals surface area contributed by atoms with Crippen molar-refractivity contribution in [3.8, 4) is 5.75 Å². The molecule has 5 N–H and O–H groups in total. The monoisotopic (exact) mass is 398 g/mol. The van der Waals surface area contributed by atoms with Crippen molar-refractivity contribution in [2.45, 2.75) is 20.0 Å². The van der Waals surface area contributed by atoms with Crippen LogP contribution in [0.1, 0.15) is 28.7 Å². The zero-order chi connectivity index (χ0) is 20.1. The zero-order valence-electron chi connectivity index (χ0n) is 15.1. The molecule has 3 aromatic rings. The Morgan fingerprint density at radius 1 is 1.18 bits per heavy atom. The molecule has 0 spiro atoms. The quantitative estimate of drug-likeness (QED) is 0.557. The lowest BCUT2D eigenvalue weighted by molar-refractivity contribution is 0.0995. The molecular weight excluding hydrogens is 380 g/mol. The number of para-hydroxylation sites is 1. The van der Waals surface area contributed by atoms with Crippen molar-refractivity contribution in [3.63, 3.8) is 0 Å². The van der Waals surface area contributed by atoms with Gasteiger partial charge in [-0.2, -0.15) is 15.0 Å². The highest BCUT2D eigenvalue weighted by atomic mass is 35.5. The van der Waals surface area contributed by atoms with Crippen molar-refractivity contribution in [3.05, 3.63) is 64.4 Å². The normalized spacial score (nSPS) is 10.5. The molecule has 1 aromatic heterocycles. The summed E-state index contributed by atoms with van der Waals surface area (Å²) < 4.78 is 5.65. The van der Waals surface area contributed by atoms with E-state index in [4.69, 9.17) is 27.8 Å². The number of carbonyl (C=O) groups is 1. The molecule has 0 bridgehead atoms. The zero-order valence-corrected chi connectivity index (χ0v) is 15.9. The van der Waals surface area contributed by atoms with Crippen LogP contribution in [-0.4, -0.2) is 20.9 Å². The molecule has 0 aliphatic rings. The molecule has 9 heteroatoms. The molecular formula is C19H19ClN6O2. The van der Waals surface area contributed by atoms with Gasteiger partial charge in [0, 0.05) is 10.7 Å². The standard InChI is InChI=1S/C19H19ClN6O2/c1-2-11-5-3-4-6-14(11)23-19-25-16(24-18(22)26-19)10-28-15-9-12(20)7-8-13(15)17(21)27/h3-9H,2,10H2,1H3,(H2,21,27)(H3,22,23,24,25,26). The van der Waals surface area contributed by atoms with E-state index in [1.54, 1.807) is 6.07 Å². The van der Waals surface area contributed by atoms with Gasteiger partial charge in [0.05, 0.1) is 5.56 Å². The van der Waals surface area contributed by atoms with Crippen LogP contribution in [0, 0.1) is 0 Å². The summed E-state index contributed by atoms with van der Waals surface area (Å²) in [6, 6.07) is 12.4. The first kappa shape index (κ1) is 19.4. The highest BCUT2D eigenvalue weighted by Crippen LogP contribution is 2.24. The number of amides is 1. The van der Waals surface area contributed by atoms with Crippen LogP contribution >= 0.6 is 11.6 Å². The summed E-state index contributed by atoms with van der Waals surface area (Å²) in [6.45, 7) is 2.01. The van der Waals surface area contributed by atoms with Crippen LogP contribution in [0.25, 0.3) is 0 Å². The summed E-state index contributed by atoms with van der Waals surface area (Å²) in [5.74, 6) is 0.254. The van der Waals surface area contributed by atoms with Gasteiger partial charge >= 0.3 is 0 Å². The van der Waals surface area contributed by atoms with Gasteiger partial charge in [0.1, 0.15) is 12.4 Å². The van der Waals surface area contributed by atoms with Crippen molar-refractivity contribution >= 4 is 35.1 Å². The van der Waals surface area contributed by atoms with Gasteiger partial charge in [-0.15, -0.1) is 0 Å². The summed E-state index contributed by atoms with van der Waals surface area (Å²) >= 11 is 5.97. The Bertz CT molecular complexity index is 1010. The molecule has 1 amide bonds. The van der Waals surface area contributed by atoms with E-state index in [0.717, 1.165) is 17.7 Å². The number of anilines is 3. The predicted octanol–water partition coefficient (Wildman–Crippen LogP) is 3.09. The lowest BCUT2D eigenvalue weighted by Gasteiger charge is -2.12. The number of aromatic nitrogens is 3. The molecule has 0 unspecified atom stereocenters. The molecule has 0 aliphatic carbocycles. The molecule has 0 atom stereocenters. The molecule has 28 heavy (non-hydrogen) atoms. The molecule has 0 aliphatic heterocycles. The van der Waals surface area contributed by atoms with E-state index in [9.17, 15) is 4.79 Å². The third-order valence-electron chi connectivity index (χ3n) is 3.91. The van der Waals surface area contributed by atoms with Crippen molar-refractivity contribution in [2.24, 2.45) is 5.73 Å². The Balaban J connectivity index is 1.81. The van der Waals surface area contributed by atoms with Gasteiger partial charge < -0.3 is 21.5 Å². The average Bonchev–Trinajstić information content (AvgIpc) is 2.66. The second-order valence-corrected chi connectivity index (χ2v) is 6.30. The molecule has 0 saturated carbocycles. The van der Waals surface area contributed by atoms with Crippen LogP contribution in [0.15, 0.2) is 42.5 Å². The van der Waals surface area contributed by atoms with Gasteiger partial charge in [0.25, 0.3) is 5.91 Å². The van der Waals surface area contributed by atoms with E-state index < -0.39 is 5.91 Å². The number of rotatable bonds is 7. The smallest absolute Gasteiger partial charge is 0.252 e. The van der Waals surface area contributed by atoms with Gasteiger partial charge in [-0.3, -0.25) is 4.79 Å². The number of hydrogen-bond acceptors (Lipinski definition) is 7. The molecule has 8 nitrogen and oxygen atoms in total. The van der Waals surface area contributed by atoms with Crippen LogP contribution in [0.3, 0.4) is 0 Å². The summed E-state index contributed by atoms with van der Waals surface area (Å²) in [5, 5.41) is 3.56. The fraction of sp³-hybridized carbons (Fsp3) is 0.158. The fourth-order valence-corrected chi connectivity index (χ4v) is 2.75. The lowest BCUT2D eigenvalue weighted by Crippen LogP contribution is -2.14.